The maximum atomic E-state index is 12.2. The minimum absolute atomic E-state index is 0.353. The van der Waals surface area contributed by atoms with Crippen LogP contribution in [0.2, 0.25) is 0 Å². The van der Waals surface area contributed by atoms with Crippen LogP contribution in [0, 0.1) is 0 Å². The Morgan fingerprint density at radius 3 is 2.35 bits per heavy atom. The summed E-state index contributed by atoms with van der Waals surface area (Å²) >= 11 is 0. The number of urea groups is 1. The fraction of sp³-hybridized carbons (Fsp3) is 0.385. The highest BCUT2D eigenvalue weighted by atomic mass is 19.3. The Balaban J connectivity index is 2.94. The topological polar surface area (TPSA) is 69.6 Å². The van der Waals surface area contributed by atoms with Crippen molar-refractivity contribution in [3.05, 3.63) is 35.9 Å². The van der Waals surface area contributed by atoms with E-state index >= 15 is 0 Å². The molecular weight excluding hydrogens is 270 g/mol. The van der Waals surface area contributed by atoms with Crippen molar-refractivity contribution < 1.29 is 23.5 Å². The maximum Gasteiger partial charge on any atom is 0.333 e. The summed E-state index contributed by atoms with van der Waals surface area (Å²) < 4.78 is 24.4. The molecule has 0 heterocycles. The first-order chi connectivity index (χ1) is 9.27. The van der Waals surface area contributed by atoms with E-state index in [4.69, 9.17) is 0 Å². The number of amides is 2. The largest absolute Gasteiger partial charge is 0.479 e. The maximum absolute atomic E-state index is 12.2. The van der Waals surface area contributed by atoms with Crippen LogP contribution < -0.4 is 5.32 Å². The molecule has 1 atom stereocenters. The van der Waals surface area contributed by atoms with Crippen molar-refractivity contribution in [1.82, 2.24) is 10.2 Å². The second-order valence-electron chi connectivity index (χ2n) is 4.50. The Kier molecular flexibility index (Phi) is 5.01. The Labute approximate surface area is 115 Å². The molecule has 2 N–H and O–H groups in total. The summed E-state index contributed by atoms with van der Waals surface area (Å²) in [5, 5.41) is 11.6. The summed E-state index contributed by atoms with van der Waals surface area (Å²) in [7, 11) is 1.18. The van der Waals surface area contributed by atoms with Crippen molar-refractivity contribution in [2.45, 2.75) is 18.9 Å². The van der Waals surface area contributed by atoms with E-state index in [1.165, 1.54) is 14.0 Å². The van der Waals surface area contributed by atoms with Crippen molar-refractivity contribution in [2.75, 3.05) is 13.6 Å². The zero-order valence-electron chi connectivity index (χ0n) is 11.1. The molecule has 0 aromatic heterocycles. The van der Waals surface area contributed by atoms with E-state index in [1.54, 1.807) is 30.3 Å². The number of nitrogens with zero attached hydrogens (tertiary/aromatic N) is 1. The van der Waals surface area contributed by atoms with E-state index in [2.05, 4.69) is 5.32 Å². The van der Waals surface area contributed by atoms with Gasteiger partial charge in [0.1, 0.15) is 0 Å². The number of benzene rings is 1. The first-order valence-electron chi connectivity index (χ1n) is 5.87. The number of carboxylic acids is 1. The molecule has 1 unspecified atom stereocenters. The molecule has 110 valence electrons. The standard InChI is InChI=1S/C13H16F2N2O3/c1-13(11(18)19,9-6-4-3-5-7-9)16-12(20)17(2)8-10(14)15/h3-7,10H,8H2,1-2H3,(H,16,20)(H,18,19). The van der Waals surface area contributed by atoms with Gasteiger partial charge in [0.05, 0.1) is 6.54 Å². The zero-order valence-corrected chi connectivity index (χ0v) is 11.1. The molecule has 0 saturated carbocycles. The molecule has 20 heavy (non-hydrogen) atoms. The number of carbonyl (C=O) groups is 2. The number of carboxylic acid groups (broad SMARTS) is 1. The number of aliphatic carboxylic acids is 1. The smallest absolute Gasteiger partial charge is 0.333 e. The number of halogens is 2. The molecule has 0 aliphatic rings. The fourth-order valence-electron chi connectivity index (χ4n) is 1.62. The summed E-state index contributed by atoms with van der Waals surface area (Å²) in [4.78, 5) is 24.0. The molecule has 1 aromatic carbocycles. The van der Waals surface area contributed by atoms with Gasteiger partial charge in [0.2, 0.25) is 0 Å². The first-order valence-corrected chi connectivity index (χ1v) is 5.87. The Hall–Kier alpha value is -2.18. The quantitative estimate of drug-likeness (QED) is 0.868. The Morgan fingerprint density at radius 2 is 1.90 bits per heavy atom. The number of alkyl halides is 2. The second kappa shape index (κ2) is 6.31. The molecule has 2 amide bonds. The summed E-state index contributed by atoms with van der Waals surface area (Å²) in [6, 6.07) is 7.18. The van der Waals surface area contributed by atoms with E-state index in [-0.39, 0.29) is 0 Å². The lowest BCUT2D eigenvalue weighted by Crippen LogP contribution is -2.53. The molecule has 0 spiro atoms. The van der Waals surface area contributed by atoms with Crippen LogP contribution in [0.25, 0.3) is 0 Å². The minimum atomic E-state index is -2.68. The van der Waals surface area contributed by atoms with Gasteiger partial charge in [0.15, 0.2) is 5.54 Å². The van der Waals surface area contributed by atoms with Gasteiger partial charge < -0.3 is 15.3 Å². The number of nitrogens with one attached hydrogen (secondary N) is 1. The highest BCUT2D eigenvalue weighted by Crippen LogP contribution is 2.21. The molecule has 0 fully saturated rings. The van der Waals surface area contributed by atoms with Crippen molar-refractivity contribution >= 4 is 12.0 Å². The highest BCUT2D eigenvalue weighted by Gasteiger charge is 2.37. The predicted octanol–water partition coefficient (Wildman–Crippen LogP) is 1.89. The van der Waals surface area contributed by atoms with Crippen LogP contribution in [0.3, 0.4) is 0 Å². The first kappa shape index (κ1) is 15.9. The number of hydrogen-bond donors (Lipinski definition) is 2. The lowest BCUT2D eigenvalue weighted by Gasteiger charge is -2.29. The van der Waals surface area contributed by atoms with Crippen molar-refractivity contribution in [2.24, 2.45) is 0 Å². The molecule has 7 heteroatoms. The van der Waals surface area contributed by atoms with Crippen molar-refractivity contribution in [1.29, 1.82) is 0 Å². The lowest BCUT2D eigenvalue weighted by atomic mass is 9.92. The summed E-state index contributed by atoms with van der Waals surface area (Å²) in [6.07, 6.45) is -2.68. The third-order valence-corrected chi connectivity index (χ3v) is 2.89. The Bertz CT molecular complexity index is 482. The van der Waals surface area contributed by atoms with E-state index < -0.39 is 30.5 Å². The average molecular weight is 286 g/mol. The monoisotopic (exact) mass is 286 g/mol. The van der Waals surface area contributed by atoms with E-state index in [1.807, 2.05) is 0 Å². The van der Waals surface area contributed by atoms with Gasteiger partial charge in [0.25, 0.3) is 6.43 Å². The second-order valence-corrected chi connectivity index (χ2v) is 4.50. The van der Waals surface area contributed by atoms with Gasteiger partial charge in [-0.05, 0) is 12.5 Å². The van der Waals surface area contributed by atoms with E-state index in [0.717, 1.165) is 4.90 Å². The third kappa shape index (κ3) is 3.66. The molecule has 5 nitrogen and oxygen atoms in total. The zero-order chi connectivity index (χ0) is 15.3. The van der Waals surface area contributed by atoms with Crippen LogP contribution in [0.1, 0.15) is 12.5 Å². The molecule has 0 aliphatic heterocycles. The molecule has 0 aliphatic carbocycles. The van der Waals surface area contributed by atoms with Crippen molar-refractivity contribution in [3.63, 3.8) is 0 Å². The van der Waals surface area contributed by atoms with Gasteiger partial charge in [-0.15, -0.1) is 0 Å². The molecule has 0 saturated heterocycles. The molecule has 1 rings (SSSR count). The van der Waals surface area contributed by atoms with Gasteiger partial charge in [-0.3, -0.25) is 0 Å². The van der Waals surface area contributed by atoms with Crippen LogP contribution in [0.5, 0.6) is 0 Å². The third-order valence-electron chi connectivity index (χ3n) is 2.89. The summed E-state index contributed by atoms with van der Waals surface area (Å²) in [6.45, 7) is 0.537. The SMILES string of the molecule is CN(CC(F)F)C(=O)NC(C)(C(=O)O)c1ccccc1. The summed E-state index contributed by atoms with van der Waals surface area (Å²) in [5.74, 6) is -1.28. The lowest BCUT2D eigenvalue weighted by molar-refractivity contribution is -0.144. The normalized spacial score (nSPS) is 13.7. The van der Waals surface area contributed by atoms with Gasteiger partial charge in [-0.25, -0.2) is 18.4 Å². The number of carbonyl (C=O) groups excluding carboxylic acids is 1. The van der Waals surface area contributed by atoms with Crippen LogP contribution in [-0.4, -0.2) is 42.0 Å². The van der Waals surface area contributed by atoms with Crippen LogP contribution in [0.15, 0.2) is 30.3 Å². The minimum Gasteiger partial charge on any atom is -0.479 e. The molecule has 1 aromatic rings. The van der Waals surface area contributed by atoms with Gasteiger partial charge >= 0.3 is 12.0 Å². The van der Waals surface area contributed by atoms with E-state index in [9.17, 15) is 23.5 Å². The average Bonchev–Trinajstić information content (AvgIpc) is 2.38. The van der Waals surface area contributed by atoms with Crippen LogP contribution >= 0.6 is 0 Å². The Morgan fingerprint density at radius 1 is 1.35 bits per heavy atom. The highest BCUT2D eigenvalue weighted by molar-refractivity contribution is 5.87. The number of rotatable bonds is 5. The molecule has 0 radical (unpaired) electrons. The number of hydrogen-bond acceptors (Lipinski definition) is 2. The molecular formula is C13H16F2N2O3. The van der Waals surface area contributed by atoms with Crippen LogP contribution in [-0.2, 0) is 10.3 Å². The van der Waals surface area contributed by atoms with Crippen molar-refractivity contribution in [3.8, 4) is 0 Å². The van der Waals surface area contributed by atoms with E-state index in [0.29, 0.717) is 5.56 Å². The molecule has 0 bridgehead atoms. The predicted molar refractivity (Wildman–Crippen MR) is 68.6 cm³/mol. The fourth-order valence-corrected chi connectivity index (χ4v) is 1.62. The van der Waals surface area contributed by atoms with Crippen LogP contribution in [0.4, 0.5) is 13.6 Å². The van der Waals surface area contributed by atoms with Gasteiger partial charge in [-0.1, -0.05) is 30.3 Å². The van der Waals surface area contributed by atoms with Gasteiger partial charge in [0, 0.05) is 7.05 Å². The van der Waals surface area contributed by atoms with Gasteiger partial charge in [-0.2, -0.15) is 0 Å². The summed E-state index contributed by atoms with van der Waals surface area (Å²) in [5.41, 5.74) is -1.33.